The Hall–Kier alpha value is -2.64. The summed E-state index contributed by atoms with van der Waals surface area (Å²) < 4.78 is 2.91. The van der Waals surface area contributed by atoms with Gasteiger partial charge < -0.3 is 10.4 Å². The molecule has 0 spiro atoms. The predicted octanol–water partition coefficient (Wildman–Crippen LogP) is 0.114. The smallest absolute Gasteiger partial charge is 0.354 e. The molecule has 2 aromatic rings. The molecule has 8 nitrogen and oxygen atoms in total. The number of carboxylic acid groups (broad SMARTS) is 1. The quantitative estimate of drug-likeness (QED) is 0.780. The zero-order chi connectivity index (χ0) is 14.5. The van der Waals surface area contributed by atoms with E-state index in [-0.39, 0.29) is 18.1 Å². The van der Waals surface area contributed by atoms with E-state index in [1.165, 1.54) is 12.3 Å². The van der Waals surface area contributed by atoms with E-state index in [0.29, 0.717) is 6.54 Å². The third kappa shape index (κ3) is 3.22. The third-order valence-electron chi connectivity index (χ3n) is 2.73. The van der Waals surface area contributed by atoms with E-state index in [2.05, 4.69) is 15.5 Å². The Morgan fingerprint density at radius 1 is 1.40 bits per heavy atom. The molecule has 0 radical (unpaired) electrons. The third-order valence-corrected chi connectivity index (χ3v) is 2.73. The number of aryl methyl sites for hydroxylation is 1. The van der Waals surface area contributed by atoms with Gasteiger partial charge in [-0.2, -0.15) is 10.2 Å². The summed E-state index contributed by atoms with van der Waals surface area (Å²) in [5.41, 5.74) is 0.873. The molecule has 0 bridgehead atoms. The van der Waals surface area contributed by atoms with Crippen molar-refractivity contribution in [3.63, 3.8) is 0 Å². The van der Waals surface area contributed by atoms with Crippen LogP contribution in [0.15, 0.2) is 24.7 Å². The molecule has 0 fully saturated rings. The van der Waals surface area contributed by atoms with Crippen LogP contribution in [0.4, 0.5) is 0 Å². The molecule has 0 saturated carbocycles. The van der Waals surface area contributed by atoms with Gasteiger partial charge in [-0.05, 0) is 13.0 Å². The molecule has 20 heavy (non-hydrogen) atoms. The monoisotopic (exact) mass is 277 g/mol. The van der Waals surface area contributed by atoms with Gasteiger partial charge in [-0.1, -0.05) is 0 Å². The minimum atomic E-state index is -1.11. The number of carbonyl (C=O) groups is 2. The number of aromatic carboxylic acids is 1. The first-order valence-corrected chi connectivity index (χ1v) is 6.13. The van der Waals surface area contributed by atoms with Crippen LogP contribution in [0.5, 0.6) is 0 Å². The standard InChI is InChI=1S/C12H15N5O3/c1-2-16-7-9(6-15-16)5-13-11(18)8-17-10(12(19)20)3-4-14-17/h3-4,6-7H,2,5,8H2,1H3,(H,13,18)(H,19,20). The lowest BCUT2D eigenvalue weighted by Crippen LogP contribution is -2.28. The molecule has 0 saturated heterocycles. The summed E-state index contributed by atoms with van der Waals surface area (Å²) in [6.07, 6.45) is 4.87. The van der Waals surface area contributed by atoms with E-state index in [9.17, 15) is 9.59 Å². The summed E-state index contributed by atoms with van der Waals surface area (Å²) in [6.45, 7) is 2.96. The highest BCUT2D eigenvalue weighted by Crippen LogP contribution is 2.00. The number of amides is 1. The summed E-state index contributed by atoms with van der Waals surface area (Å²) in [7, 11) is 0. The van der Waals surface area contributed by atoms with E-state index in [4.69, 9.17) is 5.11 Å². The summed E-state index contributed by atoms with van der Waals surface area (Å²) in [4.78, 5) is 22.6. The molecule has 2 rings (SSSR count). The molecule has 2 aromatic heterocycles. The zero-order valence-electron chi connectivity index (χ0n) is 11.0. The maximum atomic E-state index is 11.7. The number of nitrogens with one attached hydrogen (secondary N) is 1. The second-order valence-corrected chi connectivity index (χ2v) is 4.16. The van der Waals surface area contributed by atoms with Crippen LogP contribution >= 0.6 is 0 Å². The lowest BCUT2D eigenvalue weighted by Gasteiger charge is -2.05. The van der Waals surface area contributed by atoms with Gasteiger partial charge in [0.1, 0.15) is 12.2 Å². The highest BCUT2D eigenvalue weighted by molar-refractivity contribution is 5.86. The SMILES string of the molecule is CCn1cc(CNC(=O)Cn2nccc2C(=O)O)cn1. The molecule has 2 heterocycles. The van der Waals surface area contributed by atoms with Gasteiger partial charge in [-0.3, -0.25) is 9.48 Å². The molecule has 8 heteroatoms. The highest BCUT2D eigenvalue weighted by atomic mass is 16.4. The molecule has 0 atom stereocenters. The molecule has 0 unspecified atom stereocenters. The number of nitrogens with zero attached hydrogens (tertiary/aromatic N) is 4. The average molecular weight is 277 g/mol. The fourth-order valence-corrected chi connectivity index (χ4v) is 1.70. The molecule has 106 valence electrons. The van der Waals surface area contributed by atoms with Gasteiger partial charge in [0.2, 0.25) is 5.91 Å². The predicted molar refractivity (Wildman–Crippen MR) is 68.9 cm³/mol. The first kappa shape index (κ1) is 13.8. The van der Waals surface area contributed by atoms with Crippen molar-refractivity contribution in [2.75, 3.05) is 0 Å². The number of hydrogen-bond donors (Lipinski definition) is 2. The average Bonchev–Trinajstić information content (AvgIpc) is 3.04. The first-order valence-electron chi connectivity index (χ1n) is 6.13. The van der Waals surface area contributed by atoms with Crippen molar-refractivity contribution in [2.45, 2.75) is 26.6 Å². The largest absolute Gasteiger partial charge is 0.477 e. The van der Waals surface area contributed by atoms with E-state index in [1.807, 2.05) is 13.1 Å². The normalized spacial score (nSPS) is 10.4. The summed E-state index contributed by atoms with van der Waals surface area (Å²) >= 11 is 0. The summed E-state index contributed by atoms with van der Waals surface area (Å²) in [6, 6.07) is 1.35. The first-order chi connectivity index (χ1) is 9.60. The molecular weight excluding hydrogens is 262 g/mol. The van der Waals surface area contributed by atoms with Crippen molar-refractivity contribution in [3.05, 3.63) is 35.9 Å². The van der Waals surface area contributed by atoms with Crippen LogP contribution in [0, 0.1) is 0 Å². The summed E-state index contributed by atoms with van der Waals surface area (Å²) in [5, 5.41) is 19.5. The minimum absolute atomic E-state index is 0.0149. The van der Waals surface area contributed by atoms with Crippen molar-refractivity contribution >= 4 is 11.9 Å². The van der Waals surface area contributed by atoms with Crippen LogP contribution in [0.2, 0.25) is 0 Å². The Morgan fingerprint density at radius 2 is 2.20 bits per heavy atom. The van der Waals surface area contributed by atoms with Crippen LogP contribution in [0.3, 0.4) is 0 Å². The van der Waals surface area contributed by atoms with E-state index < -0.39 is 5.97 Å². The maximum Gasteiger partial charge on any atom is 0.354 e. The van der Waals surface area contributed by atoms with Crippen molar-refractivity contribution in [1.29, 1.82) is 0 Å². The number of aromatic nitrogens is 4. The van der Waals surface area contributed by atoms with Gasteiger partial charge in [-0.25, -0.2) is 9.48 Å². The molecule has 0 aliphatic rings. The van der Waals surface area contributed by atoms with E-state index in [1.54, 1.807) is 10.9 Å². The molecule has 2 N–H and O–H groups in total. The minimum Gasteiger partial charge on any atom is -0.477 e. The highest BCUT2D eigenvalue weighted by Gasteiger charge is 2.12. The Labute approximate surface area is 115 Å². The number of hydrogen-bond acceptors (Lipinski definition) is 4. The molecule has 0 aliphatic heterocycles. The topological polar surface area (TPSA) is 102 Å². The Kier molecular flexibility index (Phi) is 4.14. The van der Waals surface area contributed by atoms with E-state index in [0.717, 1.165) is 16.8 Å². The van der Waals surface area contributed by atoms with Crippen LogP contribution in [-0.2, 0) is 24.4 Å². The van der Waals surface area contributed by atoms with Gasteiger partial charge in [-0.15, -0.1) is 0 Å². The van der Waals surface area contributed by atoms with Crippen LogP contribution in [-0.4, -0.2) is 36.5 Å². The number of rotatable bonds is 6. The number of carbonyl (C=O) groups excluding carboxylic acids is 1. The van der Waals surface area contributed by atoms with Crippen molar-refractivity contribution in [2.24, 2.45) is 0 Å². The molecular formula is C12H15N5O3. The van der Waals surface area contributed by atoms with Crippen molar-refractivity contribution < 1.29 is 14.7 Å². The molecule has 0 aromatic carbocycles. The Morgan fingerprint density at radius 3 is 2.85 bits per heavy atom. The zero-order valence-corrected chi connectivity index (χ0v) is 11.0. The van der Waals surface area contributed by atoms with Crippen LogP contribution in [0.1, 0.15) is 23.0 Å². The van der Waals surface area contributed by atoms with Gasteiger partial charge in [0.15, 0.2) is 0 Å². The fraction of sp³-hybridized carbons (Fsp3) is 0.333. The van der Waals surface area contributed by atoms with Gasteiger partial charge in [0, 0.05) is 31.0 Å². The molecule has 1 amide bonds. The Balaban J connectivity index is 1.89. The van der Waals surface area contributed by atoms with Crippen LogP contribution < -0.4 is 5.32 Å². The lowest BCUT2D eigenvalue weighted by molar-refractivity contribution is -0.122. The van der Waals surface area contributed by atoms with Gasteiger partial charge in [0.25, 0.3) is 0 Å². The van der Waals surface area contributed by atoms with Gasteiger partial charge >= 0.3 is 5.97 Å². The Bertz CT molecular complexity index is 616. The van der Waals surface area contributed by atoms with Crippen LogP contribution in [0.25, 0.3) is 0 Å². The molecule has 0 aliphatic carbocycles. The van der Waals surface area contributed by atoms with E-state index >= 15 is 0 Å². The fourth-order valence-electron chi connectivity index (χ4n) is 1.70. The second kappa shape index (κ2) is 6.00. The van der Waals surface area contributed by atoms with Gasteiger partial charge in [0.05, 0.1) is 6.20 Å². The number of carboxylic acids is 1. The second-order valence-electron chi connectivity index (χ2n) is 4.16. The maximum absolute atomic E-state index is 11.7. The summed E-state index contributed by atoms with van der Waals surface area (Å²) in [5.74, 6) is -1.42. The van der Waals surface area contributed by atoms with Crippen molar-refractivity contribution in [1.82, 2.24) is 24.9 Å². The van der Waals surface area contributed by atoms with Crippen molar-refractivity contribution in [3.8, 4) is 0 Å². The lowest BCUT2D eigenvalue weighted by atomic mass is 10.3.